The van der Waals surface area contributed by atoms with E-state index in [9.17, 15) is 5.11 Å². The van der Waals surface area contributed by atoms with Gasteiger partial charge in [0.25, 0.3) is 0 Å². The van der Waals surface area contributed by atoms with Gasteiger partial charge in [0.15, 0.2) is 0 Å². The van der Waals surface area contributed by atoms with E-state index in [-0.39, 0.29) is 0 Å². The summed E-state index contributed by atoms with van der Waals surface area (Å²) in [6, 6.07) is 0. The molecule has 1 aliphatic heterocycles. The SMILES string of the molecule is CCC(O)(CC)CNCC1CCOC1C. The van der Waals surface area contributed by atoms with Gasteiger partial charge in [0.2, 0.25) is 0 Å². The lowest BCUT2D eigenvalue weighted by molar-refractivity contribution is 0.0304. The molecule has 0 aliphatic carbocycles. The zero-order valence-corrected chi connectivity index (χ0v) is 10.3. The van der Waals surface area contributed by atoms with Crippen molar-refractivity contribution in [2.45, 2.75) is 51.7 Å². The Kier molecular flexibility index (Phi) is 5.03. The molecule has 2 unspecified atom stereocenters. The van der Waals surface area contributed by atoms with Crippen LogP contribution in [0, 0.1) is 5.92 Å². The molecule has 1 aliphatic rings. The van der Waals surface area contributed by atoms with Gasteiger partial charge in [0.1, 0.15) is 0 Å². The monoisotopic (exact) mass is 215 g/mol. The van der Waals surface area contributed by atoms with Crippen molar-refractivity contribution in [2.75, 3.05) is 19.7 Å². The molecule has 3 nitrogen and oxygen atoms in total. The summed E-state index contributed by atoms with van der Waals surface area (Å²) in [5.41, 5.74) is -0.525. The first-order valence-corrected chi connectivity index (χ1v) is 6.16. The lowest BCUT2D eigenvalue weighted by Crippen LogP contribution is -2.41. The molecule has 3 heteroatoms. The number of hydrogen-bond acceptors (Lipinski definition) is 3. The third-order valence-electron chi connectivity index (χ3n) is 3.71. The molecule has 2 atom stereocenters. The largest absolute Gasteiger partial charge is 0.389 e. The molecular formula is C12H25NO2. The van der Waals surface area contributed by atoms with E-state index in [2.05, 4.69) is 12.2 Å². The molecular weight excluding hydrogens is 190 g/mol. The number of ether oxygens (including phenoxy) is 1. The summed E-state index contributed by atoms with van der Waals surface area (Å²) in [7, 11) is 0. The molecule has 1 fully saturated rings. The summed E-state index contributed by atoms with van der Waals surface area (Å²) in [5, 5.41) is 13.4. The molecule has 90 valence electrons. The minimum atomic E-state index is -0.525. The van der Waals surface area contributed by atoms with Crippen molar-refractivity contribution in [2.24, 2.45) is 5.92 Å². The van der Waals surface area contributed by atoms with Crippen LogP contribution in [-0.4, -0.2) is 36.5 Å². The lowest BCUT2D eigenvalue weighted by Gasteiger charge is -2.26. The van der Waals surface area contributed by atoms with Crippen LogP contribution in [0.25, 0.3) is 0 Å². The number of aliphatic hydroxyl groups is 1. The molecule has 0 radical (unpaired) electrons. The van der Waals surface area contributed by atoms with Crippen LogP contribution in [0.2, 0.25) is 0 Å². The van der Waals surface area contributed by atoms with Crippen LogP contribution in [-0.2, 0) is 4.74 Å². The molecule has 15 heavy (non-hydrogen) atoms. The van der Waals surface area contributed by atoms with Gasteiger partial charge in [0.05, 0.1) is 11.7 Å². The molecule has 2 N–H and O–H groups in total. The third kappa shape index (κ3) is 3.74. The van der Waals surface area contributed by atoms with Gasteiger partial charge >= 0.3 is 0 Å². The van der Waals surface area contributed by atoms with Crippen molar-refractivity contribution in [1.82, 2.24) is 5.32 Å². The highest BCUT2D eigenvalue weighted by molar-refractivity contribution is 4.80. The molecule has 0 aromatic carbocycles. The minimum Gasteiger partial charge on any atom is -0.389 e. The van der Waals surface area contributed by atoms with E-state index in [1.807, 2.05) is 13.8 Å². The van der Waals surface area contributed by atoms with Gasteiger partial charge in [-0.1, -0.05) is 13.8 Å². The summed E-state index contributed by atoms with van der Waals surface area (Å²) >= 11 is 0. The Bertz CT molecular complexity index is 180. The van der Waals surface area contributed by atoms with Crippen molar-refractivity contribution >= 4 is 0 Å². The van der Waals surface area contributed by atoms with Crippen molar-refractivity contribution < 1.29 is 9.84 Å². The number of hydrogen-bond donors (Lipinski definition) is 2. The molecule has 1 heterocycles. The van der Waals surface area contributed by atoms with Gasteiger partial charge < -0.3 is 15.2 Å². The predicted octanol–water partition coefficient (Wildman–Crippen LogP) is 1.55. The molecule has 0 bridgehead atoms. The fourth-order valence-corrected chi connectivity index (χ4v) is 2.03. The summed E-state index contributed by atoms with van der Waals surface area (Å²) < 4.78 is 5.50. The van der Waals surface area contributed by atoms with E-state index < -0.39 is 5.60 Å². The fourth-order valence-electron chi connectivity index (χ4n) is 2.03. The van der Waals surface area contributed by atoms with Gasteiger partial charge in [-0.2, -0.15) is 0 Å². The second kappa shape index (κ2) is 5.83. The number of rotatable bonds is 6. The van der Waals surface area contributed by atoms with Gasteiger partial charge in [-0.3, -0.25) is 0 Å². The Labute approximate surface area is 93.2 Å². The average molecular weight is 215 g/mol. The molecule has 0 aromatic heterocycles. The highest BCUT2D eigenvalue weighted by atomic mass is 16.5. The van der Waals surface area contributed by atoms with Crippen LogP contribution >= 0.6 is 0 Å². The van der Waals surface area contributed by atoms with E-state index in [0.717, 1.165) is 32.4 Å². The van der Waals surface area contributed by atoms with Gasteiger partial charge in [0, 0.05) is 19.7 Å². The van der Waals surface area contributed by atoms with Crippen LogP contribution in [0.15, 0.2) is 0 Å². The van der Waals surface area contributed by atoms with E-state index in [4.69, 9.17) is 4.74 Å². The van der Waals surface area contributed by atoms with Crippen molar-refractivity contribution in [3.05, 3.63) is 0 Å². The van der Waals surface area contributed by atoms with E-state index in [0.29, 0.717) is 18.6 Å². The molecule has 1 saturated heterocycles. The first-order valence-electron chi connectivity index (χ1n) is 6.16. The highest BCUT2D eigenvalue weighted by Crippen LogP contribution is 2.20. The Hall–Kier alpha value is -0.120. The van der Waals surface area contributed by atoms with Crippen molar-refractivity contribution in [3.63, 3.8) is 0 Å². The topological polar surface area (TPSA) is 41.5 Å². The maximum Gasteiger partial charge on any atom is 0.0766 e. The van der Waals surface area contributed by atoms with Crippen LogP contribution in [0.1, 0.15) is 40.0 Å². The quantitative estimate of drug-likeness (QED) is 0.706. The van der Waals surface area contributed by atoms with Gasteiger partial charge in [-0.05, 0) is 32.1 Å². The molecule has 1 rings (SSSR count). The lowest BCUT2D eigenvalue weighted by atomic mass is 9.96. The van der Waals surface area contributed by atoms with Crippen LogP contribution in [0.4, 0.5) is 0 Å². The molecule has 0 spiro atoms. The van der Waals surface area contributed by atoms with E-state index in [1.165, 1.54) is 0 Å². The zero-order chi connectivity index (χ0) is 11.3. The Morgan fingerprint density at radius 3 is 2.53 bits per heavy atom. The minimum absolute atomic E-state index is 0.369. The highest BCUT2D eigenvalue weighted by Gasteiger charge is 2.26. The fraction of sp³-hybridized carbons (Fsp3) is 1.00. The summed E-state index contributed by atoms with van der Waals surface area (Å²) in [6.45, 7) is 8.75. The van der Waals surface area contributed by atoms with Gasteiger partial charge in [-0.25, -0.2) is 0 Å². The maximum atomic E-state index is 10.1. The van der Waals surface area contributed by atoms with Crippen LogP contribution in [0.3, 0.4) is 0 Å². The first kappa shape index (κ1) is 12.9. The molecule has 0 aromatic rings. The predicted molar refractivity (Wildman–Crippen MR) is 61.9 cm³/mol. The van der Waals surface area contributed by atoms with Gasteiger partial charge in [-0.15, -0.1) is 0 Å². The zero-order valence-electron chi connectivity index (χ0n) is 10.3. The summed E-state index contributed by atoms with van der Waals surface area (Å²) in [6.07, 6.45) is 3.14. The summed E-state index contributed by atoms with van der Waals surface area (Å²) in [5.74, 6) is 0.614. The van der Waals surface area contributed by atoms with Crippen molar-refractivity contribution in [3.8, 4) is 0 Å². The number of nitrogens with one attached hydrogen (secondary N) is 1. The normalized spacial score (nSPS) is 27.2. The molecule has 0 amide bonds. The van der Waals surface area contributed by atoms with E-state index >= 15 is 0 Å². The first-order chi connectivity index (χ1) is 7.11. The third-order valence-corrected chi connectivity index (χ3v) is 3.71. The van der Waals surface area contributed by atoms with Crippen LogP contribution < -0.4 is 5.32 Å². The Morgan fingerprint density at radius 1 is 1.40 bits per heavy atom. The smallest absolute Gasteiger partial charge is 0.0766 e. The Balaban J connectivity index is 2.20. The average Bonchev–Trinajstić information content (AvgIpc) is 2.64. The second-order valence-electron chi connectivity index (χ2n) is 4.69. The maximum absolute atomic E-state index is 10.1. The van der Waals surface area contributed by atoms with Crippen LogP contribution in [0.5, 0.6) is 0 Å². The summed E-state index contributed by atoms with van der Waals surface area (Å²) in [4.78, 5) is 0. The second-order valence-corrected chi connectivity index (χ2v) is 4.69. The Morgan fingerprint density at radius 2 is 2.07 bits per heavy atom. The standard InChI is InChI=1S/C12H25NO2/c1-4-12(14,5-2)9-13-8-11-6-7-15-10(11)3/h10-11,13-14H,4-9H2,1-3H3. The van der Waals surface area contributed by atoms with E-state index in [1.54, 1.807) is 0 Å². The molecule has 0 saturated carbocycles. The van der Waals surface area contributed by atoms with Crippen molar-refractivity contribution in [1.29, 1.82) is 0 Å².